The van der Waals surface area contributed by atoms with Gasteiger partial charge in [0, 0.05) is 6.61 Å². The zero-order valence-electron chi connectivity index (χ0n) is 30.6. The number of esters is 2. The molecule has 0 aliphatic rings. The van der Waals surface area contributed by atoms with Gasteiger partial charge in [0.15, 0.2) is 19.2 Å². The summed E-state index contributed by atoms with van der Waals surface area (Å²) in [5.74, 6) is -0.487. The molecule has 0 amide bonds. The van der Waals surface area contributed by atoms with Gasteiger partial charge < -0.3 is 23.2 Å². The number of unbranched alkanes of at least 4 members (excludes halogenated alkanes) is 15. The van der Waals surface area contributed by atoms with Gasteiger partial charge in [-0.15, -0.1) is 0 Å². The van der Waals surface area contributed by atoms with Gasteiger partial charge in [-0.2, -0.15) is 0 Å². The molecule has 44 heavy (non-hydrogen) atoms. The number of carbonyl (C=O) groups excluding carboxylic acids is 2. The Labute approximate surface area is 273 Å². The third-order valence-electron chi connectivity index (χ3n) is 10.1. The molecule has 0 rings (SSSR count). The summed E-state index contributed by atoms with van der Waals surface area (Å²) in [6.07, 6.45) is 20.9. The van der Waals surface area contributed by atoms with Crippen molar-refractivity contribution in [1.29, 1.82) is 0 Å². The van der Waals surface area contributed by atoms with Crippen molar-refractivity contribution in [2.24, 2.45) is 0 Å². The highest BCUT2D eigenvalue weighted by Crippen LogP contribution is 2.14. The Morgan fingerprint density at radius 2 is 0.841 bits per heavy atom. The summed E-state index contributed by atoms with van der Waals surface area (Å²) in [5.41, 5.74) is 0. The van der Waals surface area contributed by atoms with Crippen LogP contribution in [0.2, 0.25) is 0 Å². The van der Waals surface area contributed by atoms with Gasteiger partial charge in [0.2, 0.25) is 0 Å². The van der Waals surface area contributed by atoms with Crippen molar-refractivity contribution >= 4 is 11.9 Å². The molecule has 0 fully saturated rings. The molecule has 0 saturated heterocycles. The summed E-state index contributed by atoms with van der Waals surface area (Å²) < 4.78 is 18.8. The predicted octanol–water partition coefficient (Wildman–Crippen LogP) is 8.47. The Kier molecular flexibility index (Phi) is 27.3. The third-order valence-corrected chi connectivity index (χ3v) is 10.1. The Balaban J connectivity index is 4.35. The monoisotopic (exact) mass is 629 g/mol. The van der Waals surface area contributed by atoms with Gasteiger partial charge in [-0.25, -0.2) is 9.59 Å². The normalized spacial score (nSPS) is 12.8. The van der Waals surface area contributed by atoms with Crippen LogP contribution >= 0.6 is 0 Å². The average molecular weight is 629 g/mol. The zero-order valence-corrected chi connectivity index (χ0v) is 30.6. The average Bonchev–Trinajstić information content (AvgIpc) is 3.04. The summed E-state index contributed by atoms with van der Waals surface area (Å²) in [6, 6.07) is 0. The van der Waals surface area contributed by atoms with Gasteiger partial charge >= 0.3 is 11.9 Å². The highest BCUT2D eigenvalue weighted by atomic mass is 16.6. The van der Waals surface area contributed by atoms with Crippen LogP contribution < -0.4 is 0 Å². The van der Waals surface area contributed by atoms with Crippen LogP contribution in [-0.2, 0) is 23.8 Å². The molecule has 0 radical (unpaired) electrons. The summed E-state index contributed by atoms with van der Waals surface area (Å²) in [4.78, 5) is 25.6. The first-order valence-electron chi connectivity index (χ1n) is 18.9. The van der Waals surface area contributed by atoms with Crippen LogP contribution in [0.1, 0.15) is 151 Å². The number of rotatable bonds is 32. The second-order valence-electron chi connectivity index (χ2n) is 13.1. The number of hydrogen-bond acceptors (Lipinski definition) is 5. The van der Waals surface area contributed by atoms with Gasteiger partial charge in [0.25, 0.3) is 0 Å². The number of carbonyl (C=O) groups is 2. The van der Waals surface area contributed by atoms with Gasteiger partial charge in [-0.3, -0.25) is 0 Å². The van der Waals surface area contributed by atoms with E-state index in [-0.39, 0.29) is 25.2 Å². The Bertz CT molecular complexity index is 662. The maximum atomic E-state index is 12.9. The molecule has 7 heteroatoms. The maximum Gasteiger partial charge on any atom is 0.362 e. The van der Waals surface area contributed by atoms with E-state index in [9.17, 15) is 9.59 Å². The van der Waals surface area contributed by atoms with Crippen molar-refractivity contribution in [1.82, 2.24) is 0 Å². The lowest BCUT2D eigenvalue weighted by atomic mass is 10.0. The van der Waals surface area contributed by atoms with Crippen LogP contribution in [0.4, 0.5) is 0 Å². The Morgan fingerprint density at radius 3 is 1.23 bits per heavy atom. The van der Waals surface area contributed by atoms with E-state index in [1.165, 1.54) is 89.9 Å². The van der Waals surface area contributed by atoms with E-state index in [0.717, 1.165) is 52.1 Å². The van der Waals surface area contributed by atoms with Crippen molar-refractivity contribution in [3.63, 3.8) is 0 Å². The first kappa shape index (κ1) is 42.8. The summed E-state index contributed by atoms with van der Waals surface area (Å²) >= 11 is 0. The first-order valence-corrected chi connectivity index (χ1v) is 18.9. The molecule has 0 heterocycles. The minimum absolute atomic E-state index is 0.0467. The molecule has 0 aliphatic heterocycles. The summed E-state index contributed by atoms with van der Waals surface area (Å²) in [7, 11) is 0. The SMILES string of the molecule is CCCCCCCCCCCCCCCCCCOCC(COC(=O)C[N+](CC)(CC)CC)OC(=O)C[N+](CC)(CC)CC. The van der Waals surface area contributed by atoms with E-state index >= 15 is 0 Å². The highest BCUT2D eigenvalue weighted by Gasteiger charge is 2.29. The van der Waals surface area contributed by atoms with Crippen LogP contribution in [0, 0.1) is 0 Å². The molecule has 262 valence electrons. The minimum atomic E-state index is -0.577. The molecule has 0 aliphatic carbocycles. The number of hydrogen-bond donors (Lipinski definition) is 0. The lowest BCUT2D eigenvalue weighted by molar-refractivity contribution is -0.916. The van der Waals surface area contributed by atoms with Gasteiger partial charge in [-0.1, -0.05) is 103 Å². The van der Waals surface area contributed by atoms with E-state index in [2.05, 4.69) is 48.5 Å². The topological polar surface area (TPSA) is 61.8 Å². The fourth-order valence-electron chi connectivity index (χ4n) is 6.10. The number of quaternary nitrogens is 2. The zero-order chi connectivity index (χ0) is 32.9. The van der Waals surface area contributed by atoms with Crippen LogP contribution in [0.5, 0.6) is 0 Å². The van der Waals surface area contributed by atoms with Crippen molar-refractivity contribution in [2.45, 2.75) is 157 Å². The van der Waals surface area contributed by atoms with Gasteiger partial charge in [0.1, 0.15) is 6.61 Å². The van der Waals surface area contributed by atoms with E-state index in [4.69, 9.17) is 14.2 Å². The quantitative estimate of drug-likeness (QED) is 0.0425. The molecule has 0 bridgehead atoms. The van der Waals surface area contributed by atoms with Crippen molar-refractivity contribution in [3.05, 3.63) is 0 Å². The standard InChI is InChI=1S/C37H76N2O5/c1-8-15-16-17-18-19-20-21-22-23-24-25-26-27-28-29-30-42-33-35(44-37(41)32-39(12-5,13-6)14-7)34-43-36(40)31-38(9-2,10-3)11-4/h35H,8-34H2,1-7H3/q+2. The lowest BCUT2D eigenvalue weighted by Crippen LogP contribution is -2.52. The smallest absolute Gasteiger partial charge is 0.362 e. The molecule has 0 spiro atoms. The second-order valence-corrected chi connectivity index (χ2v) is 13.1. The molecule has 1 atom stereocenters. The molecule has 1 unspecified atom stereocenters. The minimum Gasteiger partial charge on any atom is -0.457 e. The molecule has 7 nitrogen and oxygen atoms in total. The Hall–Kier alpha value is -1.18. The largest absolute Gasteiger partial charge is 0.457 e. The van der Waals surface area contributed by atoms with Crippen LogP contribution in [-0.4, -0.2) is 99.2 Å². The lowest BCUT2D eigenvalue weighted by Gasteiger charge is -2.35. The molecule has 0 N–H and O–H groups in total. The molecule has 0 aromatic heterocycles. The van der Waals surface area contributed by atoms with E-state index in [0.29, 0.717) is 28.7 Å². The van der Waals surface area contributed by atoms with Gasteiger partial charge in [0.05, 0.1) is 45.9 Å². The number of likely N-dealkylation sites (N-methyl/N-ethyl adjacent to an activating group) is 2. The fourth-order valence-corrected chi connectivity index (χ4v) is 6.10. The van der Waals surface area contributed by atoms with Crippen LogP contribution in [0.3, 0.4) is 0 Å². The van der Waals surface area contributed by atoms with E-state index in [1.807, 2.05) is 0 Å². The predicted molar refractivity (Wildman–Crippen MR) is 185 cm³/mol. The van der Waals surface area contributed by atoms with Crippen LogP contribution in [0.25, 0.3) is 0 Å². The summed E-state index contributed by atoms with van der Waals surface area (Å²) in [5, 5.41) is 0. The highest BCUT2D eigenvalue weighted by molar-refractivity contribution is 5.71. The van der Waals surface area contributed by atoms with Crippen molar-refractivity contribution in [2.75, 3.05) is 72.2 Å². The third kappa shape index (κ3) is 20.8. The van der Waals surface area contributed by atoms with Crippen molar-refractivity contribution < 1.29 is 32.8 Å². The van der Waals surface area contributed by atoms with E-state index < -0.39 is 6.10 Å². The molecular weight excluding hydrogens is 552 g/mol. The Morgan fingerprint density at radius 1 is 0.477 bits per heavy atom. The van der Waals surface area contributed by atoms with E-state index in [1.54, 1.807) is 0 Å². The van der Waals surface area contributed by atoms with Gasteiger partial charge in [-0.05, 0) is 48.0 Å². The first-order chi connectivity index (χ1) is 21.3. The maximum absolute atomic E-state index is 12.9. The van der Waals surface area contributed by atoms with Crippen LogP contribution in [0.15, 0.2) is 0 Å². The van der Waals surface area contributed by atoms with Crippen molar-refractivity contribution in [3.8, 4) is 0 Å². The number of ether oxygens (including phenoxy) is 3. The fraction of sp³-hybridized carbons (Fsp3) is 0.946. The second kappa shape index (κ2) is 28.1. The molecule has 0 aromatic rings. The molecular formula is C37H76N2O5+2. The summed E-state index contributed by atoms with van der Waals surface area (Å²) in [6.45, 7) is 21.8. The number of nitrogens with zero attached hydrogens (tertiary/aromatic N) is 2. The molecule has 0 saturated carbocycles. The molecule has 0 aromatic carbocycles.